The van der Waals surface area contributed by atoms with Crippen molar-refractivity contribution in [1.82, 2.24) is 5.32 Å². The molecule has 6 nitrogen and oxygen atoms in total. The lowest BCUT2D eigenvalue weighted by molar-refractivity contribution is -0.176. The molecule has 3 atom stereocenters. The molecule has 0 bridgehead atoms. The second kappa shape index (κ2) is 4.95. The average molecular weight is 298 g/mol. The Morgan fingerprint density at radius 1 is 1.43 bits per heavy atom. The Bertz CT molecular complexity index is 461. The van der Waals surface area contributed by atoms with Crippen LogP contribution in [0, 0.1) is 11.3 Å². The molecule has 1 aliphatic heterocycles. The lowest BCUT2D eigenvalue weighted by atomic mass is 9.48. The zero-order valence-corrected chi connectivity index (χ0v) is 13.2. The van der Waals surface area contributed by atoms with Gasteiger partial charge in [0.15, 0.2) is 0 Å². The Labute approximate surface area is 125 Å². The number of ether oxygens (including phenoxy) is 1. The average Bonchev–Trinajstić information content (AvgIpc) is 2.83. The predicted octanol–water partition coefficient (Wildman–Crippen LogP) is 0.888. The van der Waals surface area contributed by atoms with Gasteiger partial charge >= 0.3 is 5.97 Å². The molecule has 0 spiro atoms. The number of carboxylic acid groups (broad SMARTS) is 1. The number of carboxylic acids is 1. The fraction of sp³-hybridized carbons (Fsp3) is 0.867. The predicted molar refractivity (Wildman–Crippen MR) is 77.6 cm³/mol. The van der Waals surface area contributed by atoms with Gasteiger partial charge in [-0.25, -0.2) is 0 Å². The number of aliphatic carboxylic acids is 1. The highest BCUT2D eigenvalue weighted by Crippen LogP contribution is 2.58. The van der Waals surface area contributed by atoms with E-state index in [1.807, 2.05) is 27.7 Å². The van der Waals surface area contributed by atoms with Crippen LogP contribution in [0.3, 0.4) is 0 Å². The minimum atomic E-state index is -0.950. The number of carbonyl (C=O) groups excluding carboxylic acids is 1. The maximum absolute atomic E-state index is 12.7. The van der Waals surface area contributed by atoms with Crippen molar-refractivity contribution in [2.45, 2.75) is 64.1 Å². The topological polar surface area (TPSA) is 102 Å². The Kier molecular flexibility index (Phi) is 3.83. The third-order valence-electron chi connectivity index (χ3n) is 5.25. The van der Waals surface area contributed by atoms with Gasteiger partial charge in [-0.3, -0.25) is 9.59 Å². The van der Waals surface area contributed by atoms with E-state index in [4.69, 9.17) is 15.6 Å². The van der Waals surface area contributed by atoms with Crippen LogP contribution in [0.4, 0.5) is 0 Å². The summed E-state index contributed by atoms with van der Waals surface area (Å²) in [5.41, 5.74) is 4.50. The fourth-order valence-corrected chi connectivity index (χ4v) is 3.74. The Morgan fingerprint density at radius 2 is 2.05 bits per heavy atom. The molecule has 120 valence electrons. The summed E-state index contributed by atoms with van der Waals surface area (Å²) in [6.07, 6.45) is 1.22. The molecule has 4 N–H and O–H groups in total. The van der Waals surface area contributed by atoms with Crippen LogP contribution >= 0.6 is 0 Å². The monoisotopic (exact) mass is 298 g/mol. The van der Waals surface area contributed by atoms with Crippen molar-refractivity contribution in [3.63, 3.8) is 0 Å². The third-order valence-corrected chi connectivity index (χ3v) is 5.25. The van der Waals surface area contributed by atoms with Gasteiger partial charge in [0.25, 0.3) is 0 Å². The van der Waals surface area contributed by atoms with Crippen molar-refractivity contribution in [3.05, 3.63) is 0 Å². The quantitative estimate of drug-likeness (QED) is 0.699. The van der Waals surface area contributed by atoms with Crippen LogP contribution in [0.25, 0.3) is 0 Å². The number of hydrogen-bond acceptors (Lipinski definition) is 4. The molecule has 0 aromatic heterocycles. The summed E-state index contributed by atoms with van der Waals surface area (Å²) in [6, 6.07) is 0. The van der Waals surface area contributed by atoms with Crippen LogP contribution < -0.4 is 11.1 Å². The molecule has 0 aromatic rings. The number of hydrogen-bond donors (Lipinski definition) is 3. The van der Waals surface area contributed by atoms with E-state index in [1.54, 1.807) is 0 Å². The largest absolute Gasteiger partial charge is 0.481 e. The molecule has 2 fully saturated rings. The van der Waals surface area contributed by atoms with Gasteiger partial charge in [-0.2, -0.15) is 0 Å². The fourth-order valence-electron chi connectivity index (χ4n) is 3.74. The number of fused-ring (bicyclic) bond motifs is 1. The van der Waals surface area contributed by atoms with Crippen molar-refractivity contribution >= 4 is 11.9 Å². The van der Waals surface area contributed by atoms with Crippen molar-refractivity contribution in [3.8, 4) is 0 Å². The van der Waals surface area contributed by atoms with Crippen LogP contribution in [-0.2, 0) is 14.3 Å². The second-order valence-electron chi connectivity index (χ2n) is 7.51. The Morgan fingerprint density at radius 3 is 2.62 bits per heavy atom. The molecule has 1 aliphatic carbocycles. The van der Waals surface area contributed by atoms with Gasteiger partial charge in [0.1, 0.15) is 5.54 Å². The van der Waals surface area contributed by atoms with Crippen LogP contribution in [0.2, 0.25) is 0 Å². The molecular weight excluding hydrogens is 272 g/mol. The van der Waals surface area contributed by atoms with Crippen LogP contribution in [-0.4, -0.2) is 40.8 Å². The number of rotatable bonds is 5. The standard InChI is InChI=1S/C15H26N2O4/c1-13(2,7-5-10(18)19)17-12(20)15(16)9-6-8-21-11(9)14(15,3)4/h9,11H,5-8,16H2,1-4H3,(H,17,20)(H,18,19). The molecule has 1 saturated heterocycles. The van der Waals surface area contributed by atoms with Crippen molar-refractivity contribution in [1.29, 1.82) is 0 Å². The van der Waals surface area contributed by atoms with Crippen LogP contribution in [0.1, 0.15) is 47.0 Å². The second-order valence-corrected chi connectivity index (χ2v) is 7.51. The van der Waals surface area contributed by atoms with Crippen LogP contribution in [0.15, 0.2) is 0 Å². The maximum Gasteiger partial charge on any atom is 0.303 e. The lowest BCUT2D eigenvalue weighted by Gasteiger charge is -2.61. The maximum atomic E-state index is 12.7. The first kappa shape index (κ1) is 16.2. The number of nitrogens with two attached hydrogens (primary N) is 1. The molecule has 2 rings (SSSR count). The van der Waals surface area contributed by atoms with Gasteiger partial charge in [-0.1, -0.05) is 13.8 Å². The van der Waals surface area contributed by atoms with E-state index in [0.717, 1.165) is 6.42 Å². The van der Waals surface area contributed by atoms with Gasteiger partial charge in [0.2, 0.25) is 5.91 Å². The van der Waals surface area contributed by atoms with E-state index in [1.165, 1.54) is 0 Å². The highest BCUT2D eigenvalue weighted by molar-refractivity contribution is 5.90. The zero-order chi connectivity index (χ0) is 16.1. The van der Waals surface area contributed by atoms with E-state index in [0.29, 0.717) is 13.0 Å². The molecule has 6 heteroatoms. The van der Waals surface area contributed by atoms with Gasteiger partial charge < -0.3 is 20.9 Å². The summed E-state index contributed by atoms with van der Waals surface area (Å²) < 4.78 is 5.68. The first-order valence-corrected chi connectivity index (χ1v) is 7.47. The molecule has 1 amide bonds. The van der Waals surface area contributed by atoms with Gasteiger partial charge in [0.05, 0.1) is 6.10 Å². The number of carbonyl (C=O) groups is 2. The van der Waals surface area contributed by atoms with E-state index in [9.17, 15) is 9.59 Å². The number of nitrogens with one attached hydrogen (secondary N) is 1. The SMILES string of the molecule is CC(C)(CCC(=O)O)NC(=O)C1(N)C2CCOC2C1(C)C. The van der Waals surface area contributed by atoms with Crippen molar-refractivity contribution < 1.29 is 19.4 Å². The van der Waals surface area contributed by atoms with Gasteiger partial charge in [-0.05, 0) is 26.7 Å². The van der Waals surface area contributed by atoms with Gasteiger partial charge in [0, 0.05) is 29.9 Å². The Balaban J connectivity index is 2.07. The summed E-state index contributed by atoms with van der Waals surface area (Å²) >= 11 is 0. The zero-order valence-electron chi connectivity index (χ0n) is 13.2. The van der Waals surface area contributed by atoms with Gasteiger partial charge in [-0.15, -0.1) is 0 Å². The molecule has 0 radical (unpaired) electrons. The van der Waals surface area contributed by atoms with Crippen LogP contribution in [0.5, 0.6) is 0 Å². The smallest absolute Gasteiger partial charge is 0.303 e. The van der Waals surface area contributed by atoms with Crippen molar-refractivity contribution in [2.75, 3.05) is 6.61 Å². The van der Waals surface area contributed by atoms with E-state index >= 15 is 0 Å². The minimum absolute atomic E-state index is 0.0173. The van der Waals surface area contributed by atoms with E-state index < -0.39 is 22.5 Å². The summed E-state index contributed by atoms with van der Waals surface area (Å²) in [5.74, 6) is -1.02. The highest BCUT2D eigenvalue weighted by atomic mass is 16.5. The molecule has 3 unspecified atom stereocenters. The minimum Gasteiger partial charge on any atom is -0.481 e. The summed E-state index contributed by atoms with van der Waals surface area (Å²) in [6.45, 7) is 8.22. The normalized spacial score (nSPS) is 34.0. The summed E-state index contributed by atoms with van der Waals surface area (Å²) in [5, 5.41) is 11.7. The first-order chi connectivity index (χ1) is 9.52. The van der Waals surface area contributed by atoms with Crippen molar-refractivity contribution in [2.24, 2.45) is 17.1 Å². The van der Waals surface area contributed by atoms with E-state index in [2.05, 4.69) is 5.32 Å². The molecule has 1 saturated carbocycles. The molecule has 1 heterocycles. The molecule has 0 aromatic carbocycles. The highest BCUT2D eigenvalue weighted by Gasteiger charge is 2.71. The molecule has 2 aliphatic rings. The molecular formula is C15H26N2O4. The summed E-state index contributed by atoms with van der Waals surface area (Å²) in [7, 11) is 0. The first-order valence-electron chi connectivity index (χ1n) is 7.47. The number of amides is 1. The van der Waals surface area contributed by atoms with E-state index in [-0.39, 0.29) is 24.3 Å². The lowest BCUT2D eigenvalue weighted by Crippen LogP contribution is -2.81. The third kappa shape index (κ3) is 2.44. The molecule has 21 heavy (non-hydrogen) atoms. The Hall–Kier alpha value is -1.14. The summed E-state index contributed by atoms with van der Waals surface area (Å²) in [4.78, 5) is 23.4.